The predicted molar refractivity (Wildman–Crippen MR) is 39.2 cm³/mol. The summed E-state index contributed by atoms with van der Waals surface area (Å²) in [5.41, 5.74) is 0. The minimum absolute atomic E-state index is 0.385. The van der Waals surface area contributed by atoms with Crippen molar-refractivity contribution in [1.82, 2.24) is 0 Å². The summed E-state index contributed by atoms with van der Waals surface area (Å²) in [4.78, 5) is 0. The SMILES string of the molecule is Oc1cccc2c1OC(F)C(F)(F)O2. The summed E-state index contributed by atoms with van der Waals surface area (Å²) in [6.45, 7) is 0. The summed E-state index contributed by atoms with van der Waals surface area (Å²) in [6.07, 6.45) is -6.94. The van der Waals surface area contributed by atoms with Crippen molar-refractivity contribution in [3.05, 3.63) is 18.2 Å². The Morgan fingerprint density at radius 1 is 1.36 bits per heavy atom. The number of benzene rings is 1. The van der Waals surface area contributed by atoms with Crippen molar-refractivity contribution in [2.45, 2.75) is 12.5 Å². The number of hydrogen-bond donors (Lipinski definition) is 1. The molecule has 1 aromatic carbocycles. The van der Waals surface area contributed by atoms with Gasteiger partial charge in [0, 0.05) is 0 Å². The van der Waals surface area contributed by atoms with Gasteiger partial charge in [-0.1, -0.05) is 6.07 Å². The molecule has 0 fully saturated rings. The number of phenolic OH excluding ortho intramolecular Hbond substituents is 1. The van der Waals surface area contributed by atoms with Crippen LogP contribution in [0.25, 0.3) is 0 Å². The topological polar surface area (TPSA) is 38.7 Å². The maximum Gasteiger partial charge on any atom is 0.468 e. The van der Waals surface area contributed by atoms with Crippen LogP contribution in [0, 0.1) is 0 Å². The molecule has 1 aromatic rings. The molecule has 14 heavy (non-hydrogen) atoms. The Bertz CT molecular complexity index is 367. The molecule has 1 heterocycles. The Kier molecular flexibility index (Phi) is 1.73. The molecular formula is C8H5F3O3. The first-order valence-corrected chi connectivity index (χ1v) is 3.70. The van der Waals surface area contributed by atoms with Gasteiger partial charge in [-0.2, -0.15) is 13.2 Å². The van der Waals surface area contributed by atoms with Crippen molar-refractivity contribution in [3.63, 3.8) is 0 Å². The number of ether oxygens (including phenoxy) is 2. The number of phenols is 1. The summed E-state index contributed by atoms with van der Waals surface area (Å²) < 4.78 is 46.0. The quantitative estimate of drug-likeness (QED) is 0.706. The van der Waals surface area contributed by atoms with Crippen molar-refractivity contribution in [1.29, 1.82) is 0 Å². The lowest BCUT2D eigenvalue weighted by atomic mass is 10.3. The lowest BCUT2D eigenvalue weighted by Crippen LogP contribution is -2.43. The van der Waals surface area contributed by atoms with E-state index >= 15 is 0 Å². The molecule has 3 nitrogen and oxygen atoms in total. The van der Waals surface area contributed by atoms with Crippen LogP contribution in [-0.4, -0.2) is 17.6 Å². The lowest BCUT2D eigenvalue weighted by molar-refractivity contribution is -0.281. The zero-order chi connectivity index (χ0) is 10.3. The third kappa shape index (κ3) is 1.23. The van der Waals surface area contributed by atoms with E-state index in [9.17, 15) is 13.2 Å². The van der Waals surface area contributed by atoms with Gasteiger partial charge in [-0.3, -0.25) is 0 Å². The van der Waals surface area contributed by atoms with Crippen molar-refractivity contribution in [2.24, 2.45) is 0 Å². The highest BCUT2D eigenvalue weighted by molar-refractivity contribution is 5.51. The van der Waals surface area contributed by atoms with Crippen LogP contribution in [0.3, 0.4) is 0 Å². The second-order valence-corrected chi connectivity index (χ2v) is 2.70. The van der Waals surface area contributed by atoms with Crippen LogP contribution in [0.15, 0.2) is 18.2 Å². The fourth-order valence-corrected chi connectivity index (χ4v) is 1.07. The first-order valence-electron chi connectivity index (χ1n) is 3.70. The van der Waals surface area contributed by atoms with Gasteiger partial charge in [-0.05, 0) is 12.1 Å². The molecule has 0 amide bonds. The third-order valence-corrected chi connectivity index (χ3v) is 1.69. The van der Waals surface area contributed by atoms with Crippen molar-refractivity contribution < 1.29 is 27.8 Å². The van der Waals surface area contributed by atoms with Gasteiger partial charge >= 0.3 is 12.5 Å². The lowest BCUT2D eigenvalue weighted by Gasteiger charge is -2.28. The molecule has 0 bridgehead atoms. The third-order valence-electron chi connectivity index (χ3n) is 1.69. The van der Waals surface area contributed by atoms with Crippen LogP contribution >= 0.6 is 0 Å². The molecule has 1 aliphatic rings. The molecule has 0 radical (unpaired) electrons. The van der Waals surface area contributed by atoms with E-state index in [0.29, 0.717) is 0 Å². The fourth-order valence-electron chi connectivity index (χ4n) is 1.07. The summed E-state index contributed by atoms with van der Waals surface area (Å²) in [7, 11) is 0. The predicted octanol–water partition coefficient (Wildman–Crippen LogP) is 2.05. The van der Waals surface area contributed by atoms with Gasteiger partial charge in [-0.15, -0.1) is 0 Å². The van der Waals surface area contributed by atoms with E-state index in [-0.39, 0.29) is 5.75 Å². The number of fused-ring (bicyclic) bond motifs is 1. The van der Waals surface area contributed by atoms with Crippen LogP contribution in [0.4, 0.5) is 13.2 Å². The monoisotopic (exact) mass is 206 g/mol. The largest absolute Gasteiger partial charge is 0.504 e. The minimum atomic E-state index is -4.03. The Hall–Kier alpha value is -1.59. The fraction of sp³-hybridized carbons (Fsp3) is 0.250. The standard InChI is InChI=1S/C8H5F3O3/c9-7-8(10,11)14-5-3-1-2-4(12)6(5)13-7/h1-3,7,12H. The minimum Gasteiger partial charge on any atom is -0.504 e. The molecule has 1 atom stereocenters. The number of para-hydroxylation sites is 1. The van der Waals surface area contributed by atoms with Gasteiger partial charge in [0.25, 0.3) is 0 Å². The van der Waals surface area contributed by atoms with Gasteiger partial charge in [0.1, 0.15) is 0 Å². The maximum absolute atomic E-state index is 12.6. The molecule has 6 heteroatoms. The van der Waals surface area contributed by atoms with E-state index in [4.69, 9.17) is 5.11 Å². The number of aromatic hydroxyl groups is 1. The Morgan fingerprint density at radius 3 is 2.79 bits per heavy atom. The number of alkyl halides is 3. The molecular weight excluding hydrogens is 201 g/mol. The van der Waals surface area contributed by atoms with E-state index in [0.717, 1.165) is 6.07 Å². The molecule has 0 spiro atoms. The Morgan fingerprint density at radius 2 is 2.07 bits per heavy atom. The molecule has 0 aromatic heterocycles. The molecule has 1 N–H and O–H groups in total. The summed E-state index contributed by atoms with van der Waals surface area (Å²) in [6, 6.07) is 3.61. The van der Waals surface area contributed by atoms with Crippen LogP contribution in [0.1, 0.15) is 0 Å². The van der Waals surface area contributed by atoms with Crippen LogP contribution in [-0.2, 0) is 0 Å². The molecule has 0 saturated heterocycles. The first-order chi connectivity index (χ1) is 6.50. The Balaban J connectivity index is 2.45. The molecule has 2 rings (SSSR count). The van der Waals surface area contributed by atoms with Crippen molar-refractivity contribution in [2.75, 3.05) is 0 Å². The Labute approximate surface area is 76.7 Å². The molecule has 0 aliphatic carbocycles. The highest BCUT2D eigenvalue weighted by Gasteiger charge is 2.50. The smallest absolute Gasteiger partial charge is 0.468 e. The second kappa shape index (κ2) is 2.70. The van der Waals surface area contributed by atoms with Crippen LogP contribution in [0.5, 0.6) is 17.2 Å². The van der Waals surface area contributed by atoms with E-state index < -0.39 is 24.0 Å². The van der Waals surface area contributed by atoms with E-state index in [1.165, 1.54) is 12.1 Å². The molecule has 76 valence electrons. The van der Waals surface area contributed by atoms with Gasteiger partial charge in [0.05, 0.1) is 0 Å². The van der Waals surface area contributed by atoms with E-state index in [1.54, 1.807) is 0 Å². The van der Waals surface area contributed by atoms with E-state index in [2.05, 4.69) is 9.47 Å². The van der Waals surface area contributed by atoms with Gasteiger partial charge in [0.15, 0.2) is 11.5 Å². The zero-order valence-corrected chi connectivity index (χ0v) is 6.71. The molecule has 1 unspecified atom stereocenters. The maximum atomic E-state index is 12.6. The summed E-state index contributed by atoms with van der Waals surface area (Å²) in [5, 5.41) is 9.13. The van der Waals surface area contributed by atoms with Crippen molar-refractivity contribution >= 4 is 0 Å². The number of halogens is 3. The number of rotatable bonds is 0. The average molecular weight is 206 g/mol. The highest BCUT2D eigenvalue weighted by Crippen LogP contribution is 2.45. The van der Waals surface area contributed by atoms with Crippen LogP contribution in [0.2, 0.25) is 0 Å². The molecule has 0 saturated carbocycles. The first kappa shape index (κ1) is 8.98. The normalized spacial score (nSPS) is 23.2. The number of hydrogen-bond acceptors (Lipinski definition) is 3. The second-order valence-electron chi connectivity index (χ2n) is 2.70. The van der Waals surface area contributed by atoms with Gasteiger partial charge in [-0.25, -0.2) is 0 Å². The summed E-state index contributed by atoms with van der Waals surface area (Å²) >= 11 is 0. The van der Waals surface area contributed by atoms with E-state index in [1.807, 2.05) is 0 Å². The molecule has 1 aliphatic heterocycles. The van der Waals surface area contributed by atoms with Crippen molar-refractivity contribution in [3.8, 4) is 17.2 Å². The van der Waals surface area contributed by atoms with Gasteiger partial charge in [0.2, 0.25) is 5.75 Å². The van der Waals surface area contributed by atoms with Gasteiger partial charge < -0.3 is 14.6 Å². The average Bonchev–Trinajstić information content (AvgIpc) is 2.08. The summed E-state index contributed by atoms with van der Waals surface area (Å²) in [5.74, 6) is -1.24. The highest BCUT2D eigenvalue weighted by atomic mass is 19.3. The zero-order valence-electron chi connectivity index (χ0n) is 6.71. The van der Waals surface area contributed by atoms with Crippen LogP contribution < -0.4 is 9.47 Å².